The van der Waals surface area contributed by atoms with Crippen LogP contribution in [0.25, 0.3) is 0 Å². The zero-order valence-electron chi connectivity index (χ0n) is 16.6. The van der Waals surface area contributed by atoms with Crippen LogP contribution in [-0.4, -0.2) is 64.8 Å². The predicted octanol–water partition coefficient (Wildman–Crippen LogP) is 1.18. The number of ether oxygens (including phenoxy) is 1. The lowest BCUT2D eigenvalue weighted by Crippen LogP contribution is -2.50. The van der Waals surface area contributed by atoms with Crippen LogP contribution in [0.5, 0.6) is 0 Å². The molecule has 0 saturated heterocycles. The first-order chi connectivity index (χ1) is 13.7. The Balaban J connectivity index is 2.10. The van der Waals surface area contributed by atoms with E-state index >= 15 is 0 Å². The van der Waals surface area contributed by atoms with Gasteiger partial charge in [-0.15, -0.1) is 0 Å². The van der Waals surface area contributed by atoms with Gasteiger partial charge >= 0.3 is 12.0 Å². The van der Waals surface area contributed by atoms with E-state index in [1.54, 1.807) is 32.2 Å². The van der Waals surface area contributed by atoms with Crippen LogP contribution in [0.3, 0.4) is 0 Å². The van der Waals surface area contributed by atoms with Crippen molar-refractivity contribution >= 4 is 41.5 Å². The fourth-order valence-corrected chi connectivity index (χ4v) is 3.32. The Kier molecular flexibility index (Phi) is 7.38. The molecule has 0 bridgehead atoms. The molecular weight excluding hydrogens is 398 g/mol. The molecule has 0 radical (unpaired) electrons. The third kappa shape index (κ3) is 5.14. The van der Waals surface area contributed by atoms with Crippen LogP contribution in [-0.2, 0) is 14.3 Å². The lowest BCUT2D eigenvalue weighted by molar-refractivity contribution is -0.157. The van der Waals surface area contributed by atoms with Crippen molar-refractivity contribution in [2.75, 3.05) is 12.0 Å². The molecule has 156 valence electrons. The van der Waals surface area contributed by atoms with Gasteiger partial charge in [0.05, 0.1) is 11.1 Å². The number of esters is 1. The smallest absolute Gasteiger partial charge is 0.331 e. The SMILES string of the molecule is CSC[C@H](C(=O)O[C@@H](C)C(=O)NC(=O)NC(C)C)N1C(=O)c2ccccc2C1=O. The van der Waals surface area contributed by atoms with Crippen LogP contribution in [0.2, 0.25) is 0 Å². The molecule has 0 spiro atoms. The quantitative estimate of drug-likeness (QED) is 0.501. The number of amides is 5. The normalized spacial score (nSPS) is 15.0. The fourth-order valence-electron chi connectivity index (χ4n) is 2.71. The van der Waals surface area contributed by atoms with Crippen molar-refractivity contribution in [3.63, 3.8) is 0 Å². The first-order valence-corrected chi connectivity index (χ1v) is 10.3. The molecule has 2 atom stereocenters. The molecule has 29 heavy (non-hydrogen) atoms. The minimum atomic E-state index is -1.29. The number of benzene rings is 1. The molecule has 0 aliphatic carbocycles. The van der Waals surface area contributed by atoms with Crippen molar-refractivity contribution in [2.24, 2.45) is 0 Å². The Morgan fingerprint density at radius 1 is 1.07 bits per heavy atom. The summed E-state index contributed by atoms with van der Waals surface area (Å²) >= 11 is 1.25. The lowest BCUT2D eigenvalue weighted by Gasteiger charge is -2.25. The number of thioether (sulfide) groups is 1. The number of carbonyl (C=O) groups excluding carboxylic acids is 5. The number of nitrogens with zero attached hydrogens (tertiary/aromatic N) is 1. The molecule has 0 unspecified atom stereocenters. The molecule has 1 aliphatic heterocycles. The molecule has 2 rings (SSSR count). The molecule has 1 aromatic carbocycles. The van der Waals surface area contributed by atoms with Crippen molar-refractivity contribution in [1.29, 1.82) is 0 Å². The standard InChI is InChI=1S/C19H23N3O6S/c1-10(2)20-19(27)21-15(23)11(3)28-18(26)14(9-29-4)22-16(24)12-7-5-6-8-13(12)17(22)25/h5-8,10-11,14H,9H2,1-4H3,(H2,20,21,23,27)/t11-,14+/m0/s1. The van der Waals surface area contributed by atoms with Gasteiger partial charge in [0, 0.05) is 11.8 Å². The number of nitrogens with one attached hydrogen (secondary N) is 2. The second-order valence-electron chi connectivity index (χ2n) is 6.69. The molecule has 0 aromatic heterocycles. The van der Waals surface area contributed by atoms with Crippen molar-refractivity contribution in [2.45, 2.75) is 39.0 Å². The summed E-state index contributed by atoms with van der Waals surface area (Å²) in [5, 5.41) is 4.55. The van der Waals surface area contributed by atoms with E-state index in [1.165, 1.54) is 30.8 Å². The number of urea groups is 1. The van der Waals surface area contributed by atoms with Gasteiger partial charge in [0.15, 0.2) is 6.10 Å². The molecule has 2 N–H and O–H groups in total. The van der Waals surface area contributed by atoms with Crippen molar-refractivity contribution in [3.8, 4) is 0 Å². The zero-order chi connectivity index (χ0) is 21.7. The van der Waals surface area contributed by atoms with Crippen LogP contribution in [0.15, 0.2) is 24.3 Å². The van der Waals surface area contributed by atoms with E-state index < -0.39 is 41.9 Å². The monoisotopic (exact) mass is 421 g/mol. The lowest BCUT2D eigenvalue weighted by atomic mass is 10.1. The summed E-state index contributed by atoms with van der Waals surface area (Å²) in [7, 11) is 0. The molecule has 5 amide bonds. The fraction of sp³-hybridized carbons (Fsp3) is 0.421. The third-order valence-electron chi connectivity index (χ3n) is 4.05. The summed E-state index contributed by atoms with van der Waals surface area (Å²) < 4.78 is 5.15. The Morgan fingerprint density at radius 3 is 2.10 bits per heavy atom. The number of hydrogen-bond donors (Lipinski definition) is 2. The Hall–Kier alpha value is -2.88. The second-order valence-corrected chi connectivity index (χ2v) is 7.60. The summed E-state index contributed by atoms with van der Waals surface area (Å²) in [6.07, 6.45) is 0.421. The minimum absolute atomic E-state index is 0.104. The third-order valence-corrected chi connectivity index (χ3v) is 4.70. The number of rotatable bonds is 7. The van der Waals surface area contributed by atoms with Gasteiger partial charge in [-0.2, -0.15) is 11.8 Å². The van der Waals surface area contributed by atoms with Crippen LogP contribution >= 0.6 is 11.8 Å². The average Bonchev–Trinajstić information content (AvgIpc) is 2.90. The topological polar surface area (TPSA) is 122 Å². The Morgan fingerprint density at radius 2 is 1.62 bits per heavy atom. The van der Waals surface area contributed by atoms with Crippen LogP contribution < -0.4 is 10.6 Å². The minimum Gasteiger partial charge on any atom is -0.451 e. The summed E-state index contributed by atoms with van der Waals surface area (Å²) in [6, 6.07) is 4.20. The molecule has 0 saturated carbocycles. The molecule has 10 heteroatoms. The maximum Gasteiger partial charge on any atom is 0.331 e. The molecule has 0 fully saturated rings. The largest absolute Gasteiger partial charge is 0.451 e. The first-order valence-electron chi connectivity index (χ1n) is 8.95. The molecule has 1 aromatic rings. The molecule has 9 nitrogen and oxygen atoms in total. The summed E-state index contributed by atoms with van der Waals surface area (Å²) in [4.78, 5) is 62.5. The van der Waals surface area contributed by atoms with Gasteiger partial charge in [-0.25, -0.2) is 9.59 Å². The van der Waals surface area contributed by atoms with Crippen molar-refractivity contribution < 1.29 is 28.7 Å². The number of hydrogen-bond acceptors (Lipinski definition) is 7. The van der Waals surface area contributed by atoms with Crippen LogP contribution in [0.1, 0.15) is 41.5 Å². The summed E-state index contributed by atoms with van der Waals surface area (Å²) in [5.41, 5.74) is 0.431. The number of fused-ring (bicyclic) bond motifs is 1. The van der Waals surface area contributed by atoms with Crippen molar-refractivity contribution in [3.05, 3.63) is 35.4 Å². The maximum absolute atomic E-state index is 12.7. The number of carbonyl (C=O) groups is 5. The van der Waals surface area contributed by atoms with E-state index in [0.29, 0.717) is 0 Å². The highest BCUT2D eigenvalue weighted by Gasteiger charge is 2.43. The van der Waals surface area contributed by atoms with E-state index in [4.69, 9.17) is 4.74 Å². The highest BCUT2D eigenvalue weighted by molar-refractivity contribution is 7.98. The average molecular weight is 421 g/mol. The van der Waals surface area contributed by atoms with E-state index in [2.05, 4.69) is 10.6 Å². The van der Waals surface area contributed by atoms with Gasteiger partial charge in [0.2, 0.25) is 0 Å². The maximum atomic E-state index is 12.7. The van der Waals surface area contributed by atoms with E-state index in [0.717, 1.165) is 4.90 Å². The summed E-state index contributed by atoms with van der Waals surface area (Å²) in [5.74, 6) is -2.79. The predicted molar refractivity (Wildman–Crippen MR) is 106 cm³/mol. The number of imide groups is 2. The Labute approximate surface area is 172 Å². The van der Waals surface area contributed by atoms with Gasteiger partial charge < -0.3 is 10.1 Å². The highest BCUT2D eigenvalue weighted by atomic mass is 32.2. The van der Waals surface area contributed by atoms with Crippen LogP contribution in [0.4, 0.5) is 4.79 Å². The second kappa shape index (κ2) is 9.55. The summed E-state index contributed by atoms with van der Waals surface area (Å²) in [6.45, 7) is 4.75. The molecule has 1 heterocycles. The molecular formula is C19H23N3O6S. The molecule has 1 aliphatic rings. The van der Waals surface area contributed by atoms with E-state index in [9.17, 15) is 24.0 Å². The zero-order valence-corrected chi connectivity index (χ0v) is 17.4. The van der Waals surface area contributed by atoms with E-state index in [-0.39, 0.29) is 22.9 Å². The van der Waals surface area contributed by atoms with Gasteiger partial charge in [-0.05, 0) is 39.2 Å². The van der Waals surface area contributed by atoms with Gasteiger partial charge in [0.25, 0.3) is 17.7 Å². The highest BCUT2D eigenvalue weighted by Crippen LogP contribution is 2.26. The van der Waals surface area contributed by atoms with Gasteiger partial charge in [-0.3, -0.25) is 24.6 Å². The van der Waals surface area contributed by atoms with E-state index in [1.807, 2.05) is 0 Å². The van der Waals surface area contributed by atoms with Crippen molar-refractivity contribution in [1.82, 2.24) is 15.5 Å². The van der Waals surface area contributed by atoms with Gasteiger partial charge in [-0.1, -0.05) is 12.1 Å². The Bertz CT molecular complexity index is 806. The first kappa shape index (κ1) is 22.4. The van der Waals surface area contributed by atoms with Gasteiger partial charge in [0.1, 0.15) is 6.04 Å². The van der Waals surface area contributed by atoms with Crippen LogP contribution in [0, 0.1) is 0 Å².